The molecule has 1 N–H and O–H groups in total. The minimum atomic E-state index is 0.0761. The molecule has 1 atom stereocenters. The van der Waals surface area contributed by atoms with Gasteiger partial charge in [-0.25, -0.2) is 0 Å². The van der Waals surface area contributed by atoms with Crippen molar-refractivity contribution in [1.29, 1.82) is 0 Å². The lowest BCUT2D eigenvalue weighted by Gasteiger charge is -2.20. The van der Waals surface area contributed by atoms with Crippen LogP contribution in [0.25, 0.3) is 0 Å². The number of aromatic nitrogens is 2. The van der Waals surface area contributed by atoms with E-state index in [1.807, 2.05) is 11.7 Å². The van der Waals surface area contributed by atoms with Crippen molar-refractivity contribution in [2.45, 2.75) is 52.1 Å². The Kier molecular flexibility index (Phi) is 4.84. The second kappa shape index (κ2) is 6.44. The van der Waals surface area contributed by atoms with Crippen LogP contribution in [0.15, 0.2) is 36.5 Å². The molecule has 114 valence electrons. The topological polar surface area (TPSA) is 29.9 Å². The molecule has 1 aromatic heterocycles. The van der Waals surface area contributed by atoms with Gasteiger partial charge in [0, 0.05) is 36.8 Å². The van der Waals surface area contributed by atoms with Crippen molar-refractivity contribution in [3.63, 3.8) is 0 Å². The third-order valence-corrected chi connectivity index (χ3v) is 3.76. The molecule has 3 heteroatoms. The lowest BCUT2D eigenvalue weighted by molar-refractivity contribution is 0.504. The van der Waals surface area contributed by atoms with E-state index in [1.165, 1.54) is 16.8 Å². The molecular weight excluding hydrogens is 258 g/mol. The van der Waals surface area contributed by atoms with Crippen LogP contribution in [0, 0.1) is 0 Å². The highest BCUT2D eigenvalue weighted by atomic mass is 15.3. The van der Waals surface area contributed by atoms with E-state index >= 15 is 0 Å². The Bertz CT molecular complexity index is 564. The third kappa shape index (κ3) is 3.94. The smallest absolute Gasteiger partial charge is 0.0722 e. The largest absolute Gasteiger partial charge is 0.306 e. The van der Waals surface area contributed by atoms with Crippen molar-refractivity contribution >= 4 is 0 Å². The summed E-state index contributed by atoms with van der Waals surface area (Å²) in [7, 11) is 1.99. The van der Waals surface area contributed by atoms with Gasteiger partial charge in [-0.3, -0.25) is 4.68 Å². The standard InChI is InChI=1S/C18H27N3/c1-6-16(14-10-8-7-9-11-14)19-12-15-13-21(5)20-17(15)18(2,3)4/h7-11,13,16,19H,6,12H2,1-5H3. The highest BCUT2D eigenvalue weighted by Gasteiger charge is 2.22. The molecule has 21 heavy (non-hydrogen) atoms. The lowest BCUT2D eigenvalue weighted by atomic mass is 9.89. The molecule has 0 fully saturated rings. The Morgan fingerprint density at radius 3 is 2.43 bits per heavy atom. The summed E-state index contributed by atoms with van der Waals surface area (Å²) in [5.41, 5.74) is 3.90. The van der Waals surface area contributed by atoms with Gasteiger partial charge in [-0.1, -0.05) is 58.0 Å². The van der Waals surface area contributed by atoms with E-state index in [1.54, 1.807) is 0 Å². The van der Waals surface area contributed by atoms with Crippen molar-refractivity contribution in [3.05, 3.63) is 53.3 Å². The maximum atomic E-state index is 4.64. The van der Waals surface area contributed by atoms with Crippen LogP contribution in [0.5, 0.6) is 0 Å². The fraction of sp³-hybridized carbons (Fsp3) is 0.500. The van der Waals surface area contributed by atoms with Crippen LogP contribution in [-0.2, 0) is 19.0 Å². The molecule has 0 bridgehead atoms. The van der Waals surface area contributed by atoms with Gasteiger partial charge in [0.25, 0.3) is 0 Å². The van der Waals surface area contributed by atoms with Crippen LogP contribution in [-0.4, -0.2) is 9.78 Å². The summed E-state index contributed by atoms with van der Waals surface area (Å²) in [6, 6.07) is 11.0. The fourth-order valence-corrected chi connectivity index (χ4v) is 2.71. The second-order valence-electron chi connectivity index (χ2n) is 6.68. The van der Waals surface area contributed by atoms with Crippen molar-refractivity contribution in [3.8, 4) is 0 Å². The number of benzene rings is 1. The molecule has 0 saturated heterocycles. The Hall–Kier alpha value is -1.61. The number of aryl methyl sites for hydroxylation is 1. The van der Waals surface area contributed by atoms with E-state index < -0.39 is 0 Å². The first-order valence-electron chi connectivity index (χ1n) is 7.73. The van der Waals surface area contributed by atoms with E-state index in [0.29, 0.717) is 6.04 Å². The van der Waals surface area contributed by atoms with Crippen LogP contribution in [0.2, 0.25) is 0 Å². The van der Waals surface area contributed by atoms with Crippen LogP contribution in [0.4, 0.5) is 0 Å². The predicted octanol–water partition coefficient (Wildman–Crippen LogP) is 3.96. The minimum absolute atomic E-state index is 0.0761. The molecule has 1 aromatic carbocycles. The first kappa shape index (κ1) is 15.8. The summed E-state index contributed by atoms with van der Waals surface area (Å²) in [5.74, 6) is 0. The average molecular weight is 285 g/mol. The van der Waals surface area contributed by atoms with Crippen molar-refractivity contribution in [2.75, 3.05) is 0 Å². The van der Waals surface area contributed by atoms with Gasteiger partial charge in [-0.2, -0.15) is 5.10 Å². The normalized spacial score (nSPS) is 13.4. The number of rotatable bonds is 5. The monoisotopic (exact) mass is 285 g/mol. The molecule has 0 spiro atoms. The number of nitrogens with one attached hydrogen (secondary N) is 1. The molecule has 0 aliphatic rings. The van der Waals surface area contributed by atoms with Gasteiger partial charge in [0.1, 0.15) is 0 Å². The van der Waals surface area contributed by atoms with Crippen molar-refractivity contribution < 1.29 is 0 Å². The predicted molar refractivity (Wildman–Crippen MR) is 88.2 cm³/mol. The molecule has 0 aliphatic carbocycles. The molecule has 1 unspecified atom stereocenters. The number of hydrogen-bond donors (Lipinski definition) is 1. The highest BCUT2D eigenvalue weighted by Crippen LogP contribution is 2.25. The third-order valence-electron chi connectivity index (χ3n) is 3.76. The van der Waals surface area contributed by atoms with Gasteiger partial charge in [0.15, 0.2) is 0 Å². The van der Waals surface area contributed by atoms with Gasteiger partial charge in [-0.05, 0) is 12.0 Å². The van der Waals surface area contributed by atoms with Crippen LogP contribution < -0.4 is 5.32 Å². The Balaban J connectivity index is 2.12. The van der Waals surface area contributed by atoms with Gasteiger partial charge in [-0.15, -0.1) is 0 Å². The van der Waals surface area contributed by atoms with Gasteiger partial charge in [0.2, 0.25) is 0 Å². The molecule has 0 amide bonds. The molecule has 3 nitrogen and oxygen atoms in total. The first-order valence-corrected chi connectivity index (χ1v) is 7.73. The summed E-state index contributed by atoms with van der Waals surface area (Å²) in [4.78, 5) is 0. The zero-order valence-electron chi connectivity index (χ0n) is 13.9. The van der Waals surface area contributed by atoms with Gasteiger partial charge >= 0.3 is 0 Å². The zero-order valence-corrected chi connectivity index (χ0v) is 13.9. The van der Waals surface area contributed by atoms with Gasteiger partial charge < -0.3 is 5.32 Å². The maximum Gasteiger partial charge on any atom is 0.0722 e. The average Bonchev–Trinajstić information content (AvgIpc) is 2.82. The number of hydrogen-bond acceptors (Lipinski definition) is 2. The zero-order chi connectivity index (χ0) is 15.5. The fourth-order valence-electron chi connectivity index (χ4n) is 2.71. The van der Waals surface area contributed by atoms with E-state index in [0.717, 1.165) is 13.0 Å². The summed E-state index contributed by atoms with van der Waals surface area (Å²) in [5, 5.41) is 8.31. The SMILES string of the molecule is CCC(NCc1cn(C)nc1C(C)(C)C)c1ccccc1. The van der Waals surface area contributed by atoms with Gasteiger partial charge in [0.05, 0.1) is 5.69 Å². The van der Waals surface area contributed by atoms with E-state index in [2.05, 4.69) is 74.6 Å². The molecular formula is C18H27N3. The lowest BCUT2D eigenvalue weighted by Crippen LogP contribution is -2.22. The maximum absolute atomic E-state index is 4.64. The molecule has 2 rings (SSSR count). The number of nitrogens with zero attached hydrogens (tertiary/aromatic N) is 2. The minimum Gasteiger partial charge on any atom is -0.306 e. The summed E-state index contributed by atoms with van der Waals surface area (Å²) in [6.45, 7) is 9.72. The second-order valence-corrected chi connectivity index (χ2v) is 6.68. The Morgan fingerprint density at radius 2 is 1.86 bits per heavy atom. The van der Waals surface area contributed by atoms with E-state index in [4.69, 9.17) is 0 Å². The van der Waals surface area contributed by atoms with Crippen LogP contribution >= 0.6 is 0 Å². The van der Waals surface area contributed by atoms with E-state index in [9.17, 15) is 0 Å². The summed E-state index contributed by atoms with van der Waals surface area (Å²) >= 11 is 0. The summed E-state index contributed by atoms with van der Waals surface area (Å²) in [6.07, 6.45) is 3.21. The Labute approximate surface area is 128 Å². The Morgan fingerprint density at radius 1 is 1.19 bits per heavy atom. The van der Waals surface area contributed by atoms with Crippen LogP contribution in [0.1, 0.15) is 57.0 Å². The molecule has 0 saturated carbocycles. The van der Waals surface area contributed by atoms with Crippen molar-refractivity contribution in [2.24, 2.45) is 7.05 Å². The van der Waals surface area contributed by atoms with Crippen LogP contribution in [0.3, 0.4) is 0 Å². The molecule has 1 heterocycles. The first-order chi connectivity index (χ1) is 9.91. The molecule has 0 radical (unpaired) electrons. The van der Waals surface area contributed by atoms with E-state index in [-0.39, 0.29) is 5.41 Å². The molecule has 2 aromatic rings. The van der Waals surface area contributed by atoms with Crippen molar-refractivity contribution in [1.82, 2.24) is 15.1 Å². The summed E-state index contributed by atoms with van der Waals surface area (Å²) < 4.78 is 1.92. The highest BCUT2D eigenvalue weighted by molar-refractivity contribution is 5.25. The molecule has 0 aliphatic heterocycles. The quantitative estimate of drug-likeness (QED) is 0.901.